The molecule has 0 saturated heterocycles. The first kappa shape index (κ1) is 28.0. The lowest BCUT2D eigenvalue weighted by molar-refractivity contribution is 0.339. The quantitative estimate of drug-likeness (QED) is 0.196. The van der Waals surface area contributed by atoms with Crippen LogP contribution in [-0.4, -0.2) is 29.0 Å². The van der Waals surface area contributed by atoms with E-state index in [1.807, 2.05) is 38.1 Å². The number of aryl methyl sites for hydroxylation is 2. The van der Waals surface area contributed by atoms with Crippen LogP contribution in [0, 0.1) is 25.2 Å². The van der Waals surface area contributed by atoms with Gasteiger partial charge in [0.1, 0.15) is 20.9 Å². The third-order valence-electron chi connectivity index (χ3n) is 5.52. The maximum absolute atomic E-state index is 12.8. The molecule has 9 nitrogen and oxygen atoms in total. The SMILES string of the molecule is COc1cc(S(=O)(=O)ON=C2C=CC(=C(C#N)c3ccccc3C)S2)ccc1OS(=O)(=O)c1ccc(C)cc1. The molecule has 0 unspecified atom stereocenters. The van der Waals surface area contributed by atoms with E-state index in [0.717, 1.165) is 46.7 Å². The topological polar surface area (TPSA) is 132 Å². The Kier molecular flexibility index (Phi) is 8.15. The molecule has 0 N–H and O–H groups in total. The predicted molar refractivity (Wildman–Crippen MR) is 148 cm³/mol. The molecule has 39 heavy (non-hydrogen) atoms. The molecule has 0 amide bonds. The Labute approximate surface area is 231 Å². The third kappa shape index (κ3) is 6.34. The summed E-state index contributed by atoms with van der Waals surface area (Å²) in [5.41, 5.74) is 3.00. The number of thioether (sulfide) groups is 1. The summed E-state index contributed by atoms with van der Waals surface area (Å²) in [5.74, 6) is -0.340. The monoisotopic (exact) mass is 582 g/mol. The van der Waals surface area contributed by atoms with Gasteiger partial charge >= 0.3 is 20.2 Å². The second-order valence-corrected chi connectivity index (χ2v) is 12.4. The standard InChI is InChI=1S/C27H22N2O7S3/c1-18-8-10-20(11-9-18)38(30,31)35-24-13-12-21(16-25(24)34-3)39(32,33)36-29-27-15-14-26(37-27)23(17-28)22-7-5-4-6-19(22)2/h4-16H,1-3H3. The highest BCUT2D eigenvalue weighted by molar-refractivity contribution is 8.18. The average molecular weight is 583 g/mol. The van der Waals surface area contributed by atoms with Crippen molar-refractivity contribution in [3.8, 4) is 17.6 Å². The summed E-state index contributed by atoms with van der Waals surface area (Å²) in [6.07, 6.45) is 3.20. The molecule has 0 radical (unpaired) electrons. The zero-order chi connectivity index (χ0) is 28.2. The van der Waals surface area contributed by atoms with Crippen LogP contribution in [0.4, 0.5) is 0 Å². The molecule has 1 aliphatic rings. The summed E-state index contributed by atoms with van der Waals surface area (Å²) < 4.78 is 66.1. The Bertz CT molecular complexity index is 1770. The minimum Gasteiger partial charge on any atom is -0.493 e. The van der Waals surface area contributed by atoms with Gasteiger partial charge in [0.15, 0.2) is 11.5 Å². The molecular weight excluding hydrogens is 561 g/mol. The van der Waals surface area contributed by atoms with E-state index in [0.29, 0.717) is 10.5 Å². The molecule has 3 aromatic carbocycles. The molecule has 1 aliphatic heterocycles. The molecule has 0 aliphatic carbocycles. The van der Waals surface area contributed by atoms with Crippen molar-refractivity contribution in [1.29, 1.82) is 5.26 Å². The first-order chi connectivity index (χ1) is 18.5. The van der Waals surface area contributed by atoms with Gasteiger partial charge in [0.05, 0.1) is 12.7 Å². The molecule has 0 aromatic heterocycles. The number of hydrogen-bond acceptors (Lipinski definition) is 10. The largest absolute Gasteiger partial charge is 0.493 e. The fraction of sp³-hybridized carbons (Fsp3) is 0.111. The molecule has 0 bridgehead atoms. The Balaban J connectivity index is 1.53. The van der Waals surface area contributed by atoms with Gasteiger partial charge in [-0.1, -0.05) is 58.9 Å². The van der Waals surface area contributed by atoms with Crippen LogP contribution in [0.1, 0.15) is 16.7 Å². The van der Waals surface area contributed by atoms with Crippen molar-refractivity contribution < 1.29 is 30.0 Å². The van der Waals surface area contributed by atoms with Gasteiger partial charge in [-0.05, 0) is 61.4 Å². The van der Waals surface area contributed by atoms with Gasteiger partial charge in [0.25, 0.3) is 0 Å². The number of methoxy groups -OCH3 is 1. The van der Waals surface area contributed by atoms with Crippen molar-refractivity contribution in [3.63, 3.8) is 0 Å². The Morgan fingerprint density at radius 2 is 1.56 bits per heavy atom. The molecule has 0 spiro atoms. The van der Waals surface area contributed by atoms with Gasteiger partial charge in [-0.15, -0.1) is 0 Å². The number of ether oxygens (including phenoxy) is 1. The highest BCUT2D eigenvalue weighted by Gasteiger charge is 2.24. The van der Waals surface area contributed by atoms with E-state index in [2.05, 4.69) is 11.2 Å². The average Bonchev–Trinajstić information content (AvgIpc) is 3.38. The van der Waals surface area contributed by atoms with Gasteiger partial charge in [-0.2, -0.15) is 22.1 Å². The zero-order valence-electron chi connectivity index (χ0n) is 21.0. The van der Waals surface area contributed by atoms with Crippen LogP contribution >= 0.6 is 11.8 Å². The lowest BCUT2D eigenvalue weighted by Crippen LogP contribution is -2.11. The lowest BCUT2D eigenvalue weighted by atomic mass is 10.0. The van der Waals surface area contributed by atoms with Crippen LogP contribution < -0.4 is 8.92 Å². The minimum absolute atomic E-state index is 0.0662. The predicted octanol–water partition coefficient (Wildman–Crippen LogP) is 5.34. The van der Waals surface area contributed by atoms with Gasteiger partial charge in [0, 0.05) is 11.0 Å². The Morgan fingerprint density at radius 3 is 2.23 bits per heavy atom. The summed E-state index contributed by atoms with van der Waals surface area (Å²) in [6.45, 7) is 3.71. The first-order valence-electron chi connectivity index (χ1n) is 11.3. The number of rotatable bonds is 8. The second kappa shape index (κ2) is 11.4. The summed E-state index contributed by atoms with van der Waals surface area (Å²) in [6, 6.07) is 19.0. The summed E-state index contributed by atoms with van der Waals surface area (Å²) in [7, 11) is -7.35. The van der Waals surface area contributed by atoms with E-state index >= 15 is 0 Å². The Hall–Kier alpha value is -4.05. The molecule has 0 atom stereocenters. The van der Waals surface area contributed by atoms with Crippen molar-refractivity contribution >= 4 is 42.6 Å². The fourth-order valence-corrected chi connectivity index (χ4v) is 6.05. The summed E-state index contributed by atoms with van der Waals surface area (Å²) in [4.78, 5) is 0.206. The van der Waals surface area contributed by atoms with Gasteiger partial charge in [0.2, 0.25) is 0 Å². The summed E-state index contributed by atoms with van der Waals surface area (Å²) >= 11 is 1.09. The molecule has 0 fully saturated rings. The van der Waals surface area contributed by atoms with Crippen LogP contribution in [0.5, 0.6) is 11.5 Å². The van der Waals surface area contributed by atoms with Gasteiger partial charge in [-0.25, -0.2) is 0 Å². The second-order valence-electron chi connectivity index (χ2n) is 8.22. The van der Waals surface area contributed by atoms with Gasteiger partial charge < -0.3 is 8.92 Å². The number of nitrogens with zero attached hydrogens (tertiary/aromatic N) is 2. The highest BCUT2D eigenvalue weighted by Crippen LogP contribution is 2.36. The first-order valence-corrected chi connectivity index (χ1v) is 14.9. The lowest BCUT2D eigenvalue weighted by Gasteiger charge is -2.12. The number of allylic oxidation sites excluding steroid dienone is 2. The van der Waals surface area contributed by atoms with Crippen molar-refractivity contribution in [2.45, 2.75) is 23.6 Å². The van der Waals surface area contributed by atoms with E-state index in [1.165, 1.54) is 19.2 Å². The maximum Gasteiger partial charge on any atom is 0.358 e. The van der Waals surface area contributed by atoms with E-state index < -0.39 is 20.2 Å². The molecule has 12 heteroatoms. The smallest absolute Gasteiger partial charge is 0.358 e. The molecular formula is C27H22N2O7S3. The van der Waals surface area contributed by atoms with E-state index in [1.54, 1.807) is 24.3 Å². The van der Waals surface area contributed by atoms with Crippen molar-refractivity contribution in [2.75, 3.05) is 7.11 Å². The van der Waals surface area contributed by atoms with Crippen LogP contribution in [0.2, 0.25) is 0 Å². The number of oxime groups is 1. The molecule has 0 saturated carbocycles. The van der Waals surface area contributed by atoms with Crippen molar-refractivity contribution in [3.05, 3.63) is 100 Å². The molecule has 1 heterocycles. The molecule has 200 valence electrons. The van der Waals surface area contributed by atoms with Gasteiger partial charge in [-0.3, -0.25) is 4.28 Å². The third-order valence-corrected chi connectivity index (χ3v) is 8.85. The van der Waals surface area contributed by atoms with Crippen LogP contribution in [0.25, 0.3) is 5.57 Å². The van der Waals surface area contributed by atoms with Crippen LogP contribution in [0.15, 0.2) is 98.7 Å². The minimum atomic E-state index is -4.40. The summed E-state index contributed by atoms with van der Waals surface area (Å²) in [5, 5.41) is 13.7. The highest BCUT2D eigenvalue weighted by atomic mass is 32.2. The Morgan fingerprint density at radius 1 is 0.872 bits per heavy atom. The maximum atomic E-state index is 12.8. The van der Waals surface area contributed by atoms with E-state index in [-0.39, 0.29) is 26.3 Å². The fourth-order valence-electron chi connectivity index (χ4n) is 3.48. The van der Waals surface area contributed by atoms with Crippen LogP contribution in [0.3, 0.4) is 0 Å². The van der Waals surface area contributed by atoms with Crippen molar-refractivity contribution in [2.24, 2.45) is 5.16 Å². The molecule has 3 aromatic rings. The van der Waals surface area contributed by atoms with Crippen LogP contribution in [-0.2, 0) is 24.5 Å². The van der Waals surface area contributed by atoms with E-state index in [9.17, 15) is 22.1 Å². The van der Waals surface area contributed by atoms with Crippen molar-refractivity contribution in [1.82, 2.24) is 0 Å². The normalized spacial score (nSPS) is 15.6. The number of hydrogen-bond donors (Lipinski definition) is 0. The number of nitriles is 1. The van der Waals surface area contributed by atoms with E-state index in [4.69, 9.17) is 13.2 Å². The number of benzene rings is 3. The molecule has 4 rings (SSSR count). The zero-order valence-corrected chi connectivity index (χ0v) is 23.4.